The molecule has 0 radical (unpaired) electrons. The third kappa shape index (κ3) is 5.43. The molecule has 3 rings (SSSR count). The van der Waals surface area contributed by atoms with Gasteiger partial charge < -0.3 is 16.0 Å². The van der Waals surface area contributed by atoms with Gasteiger partial charge in [0.15, 0.2) is 0 Å². The van der Waals surface area contributed by atoms with Gasteiger partial charge in [-0.15, -0.1) is 0 Å². The lowest BCUT2D eigenvalue weighted by atomic mass is 9.97. The van der Waals surface area contributed by atoms with Gasteiger partial charge in [-0.2, -0.15) is 0 Å². The van der Waals surface area contributed by atoms with Crippen molar-refractivity contribution >= 4 is 23.2 Å². The Morgan fingerprint density at radius 2 is 1.50 bits per heavy atom. The van der Waals surface area contributed by atoms with E-state index in [1.165, 1.54) is 0 Å². The molecule has 2 aromatic carbocycles. The molecule has 136 valence electrons. The van der Waals surface area contributed by atoms with Crippen molar-refractivity contribution in [3.63, 3.8) is 0 Å². The monoisotopic (exact) mass is 351 g/mol. The molecular formula is C21H25N3O2. The van der Waals surface area contributed by atoms with Gasteiger partial charge in [0, 0.05) is 23.7 Å². The number of aryl methyl sites for hydroxylation is 1. The Kier molecular flexibility index (Phi) is 6.39. The molecule has 26 heavy (non-hydrogen) atoms. The molecule has 1 saturated heterocycles. The molecule has 5 heteroatoms. The zero-order valence-corrected chi connectivity index (χ0v) is 14.8. The summed E-state index contributed by atoms with van der Waals surface area (Å²) in [6.45, 7) is 1.79. The summed E-state index contributed by atoms with van der Waals surface area (Å²) >= 11 is 0. The number of rotatable bonds is 6. The highest BCUT2D eigenvalue weighted by Gasteiger charge is 2.20. The van der Waals surface area contributed by atoms with Crippen molar-refractivity contribution in [2.75, 3.05) is 23.7 Å². The molecule has 5 nitrogen and oxygen atoms in total. The van der Waals surface area contributed by atoms with Crippen LogP contribution in [0.4, 0.5) is 11.4 Å². The van der Waals surface area contributed by atoms with Crippen molar-refractivity contribution in [2.24, 2.45) is 5.92 Å². The van der Waals surface area contributed by atoms with E-state index in [4.69, 9.17) is 0 Å². The van der Waals surface area contributed by atoms with Crippen LogP contribution in [0.25, 0.3) is 0 Å². The molecule has 1 aliphatic heterocycles. The van der Waals surface area contributed by atoms with E-state index in [-0.39, 0.29) is 17.7 Å². The fraction of sp³-hybridized carbons (Fsp3) is 0.333. The normalized spacial score (nSPS) is 14.6. The number of amides is 2. The first-order chi connectivity index (χ1) is 12.7. The van der Waals surface area contributed by atoms with Crippen molar-refractivity contribution in [3.05, 3.63) is 60.2 Å². The summed E-state index contributed by atoms with van der Waals surface area (Å²) in [5.74, 6) is 0.139. The number of carbonyl (C=O) groups is 2. The van der Waals surface area contributed by atoms with Gasteiger partial charge in [0.05, 0.1) is 0 Å². The molecule has 0 aromatic heterocycles. The Labute approximate surface area is 154 Å². The summed E-state index contributed by atoms with van der Waals surface area (Å²) in [5.41, 5.74) is 2.65. The van der Waals surface area contributed by atoms with Crippen LogP contribution in [0.5, 0.6) is 0 Å². The molecule has 0 saturated carbocycles. The maximum absolute atomic E-state index is 12.2. The second kappa shape index (κ2) is 9.15. The standard InChI is InChI=1S/C21H25N3O2/c25-20(11-6-16-4-2-1-3-5-16)23-18-7-9-19(10-8-18)24-21(26)17-12-14-22-15-13-17/h1-5,7-10,17,22H,6,11-15H2,(H,23,25)(H,24,26). The van der Waals surface area contributed by atoms with Gasteiger partial charge in [0.1, 0.15) is 0 Å². The van der Waals surface area contributed by atoms with E-state index in [0.29, 0.717) is 6.42 Å². The Balaban J connectivity index is 1.46. The highest BCUT2D eigenvalue weighted by molar-refractivity contribution is 5.94. The van der Waals surface area contributed by atoms with Crippen LogP contribution in [0.2, 0.25) is 0 Å². The van der Waals surface area contributed by atoms with Crippen LogP contribution in [0, 0.1) is 5.92 Å². The number of piperidine rings is 1. The van der Waals surface area contributed by atoms with E-state index in [1.54, 1.807) is 0 Å². The summed E-state index contributed by atoms with van der Waals surface area (Å²) in [6.07, 6.45) is 2.91. The van der Waals surface area contributed by atoms with Crippen LogP contribution in [0.3, 0.4) is 0 Å². The third-order valence-electron chi connectivity index (χ3n) is 4.63. The minimum absolute atomic E-state index is 0.0136. The van der Waals surface area contributed by atoms with Gasteiger partial charge in [0.25, 0.3) is 0 Å². The number of hydrogen-bond donors (Lipinski definition) is 3. The molecule has 1 heterocycles. The van der Waals surface area contributed by atoms with E-state index in [9.17, 15) is 9.59 Å². The Hall–Kier alpha value is -2.66. The molecule has 3 N–H and O–H groups in total. The van der Waals surface area contributed by atoms with Gasteiger partial charge in [-0.1, -0.05) is 30.3 Å². The van der Waals surface area contributed by atoms with Crippen LogP contribution < -0.4 is 16.0 Å². The van der Waals surface area contributed by atoms with E-state index in [1.807, 2.05) is 54.6 Å². The molecule has 0 aliphatic carbocycles. The maximum atomic E-state index is 12.2. The van der Waals surface area contributed by atoms with Crippen molar-refractivity contribution in [1.29, 1.82) is 0 Å². The summed E-state index contributed by atoms with van der Waals surface area (Å²) < 4.78 is 0. The van der Waals surface area contributed by atoms with Crippen molar-refractivity contribution < 1.29 is 9.59 Å². The quantitative estimate of drug-likeness (QED) is 0.748. The number of carbonyl (C=O) groups excluding carboxylic acids is 2. The first kappa shape index (κ1) is 18.1. The fourth-order valence-corrected chi connectivity index (χ4v) is 3.09. The van der Waals surface area contributed by atoms with Crippen LogP contribution in [0.15, 0.2) is 54.6 Å². The summed E-state index contributed by atoms with van der Waals surface area (Å²) in [5, 5.41) is 9.12. The second-order valence-corrected chi connectivity index (χ2v) is 6.62. The van der Waals surface area contributed by atoms with Crippen molar-refractivity contribution in [3.8, 4) is 0 Å². The summed E-state index contributed by atoms with van der Waals surface area (Å²) in [4.78, 5) is 24.3. The fourth-order valence-electron chi connectivity index (χ4n) is 3.09. The molecule has 0 atom stereocenters. The Morgan fingerprint density at radius 3 is 2.15 bits per heavy atom. The Morgan fingerprint density at radius 1 is 0.885 bits per heavy atom. The highest BCUT2D eigenvalue weighted by Crippen LogP contribution is 2.18. The lowest BCUT2D eigenvalue weighted by molar-refractivity contribution is -0.120. The number of benzene rings is 2. The van der Waals surface area contributed by atoms with Crippen LogP contribution in [0.1, 0.15) is 24.8 Å². The smallest absolute Gasteiger partial charge is 0.227 e. The molecule has 1 aliphatic rings. The van der Waals surface area contributed by atoms with Gasteiger partial charge in [-0.3, -0.25) is 9.59 Å². The largest absolute Gasteiger partial charge is 0.326 e. The topological polar surface area (TPSA) is 70.2 Å². The molecule has 2 aromatic rings. The molecule has 1 fully saturated rings. The number of hydrogen-bond acceptors (Lipinski definition) is 3. The predicted molar refractivity (Wildman–Crippen MR) is 104 cm³/mol. The first-order valence-corrected chi connectivity index (χ1v) is 9.16. The third-order valence-corrected chi connectivity index (χ3v) is 4.63. The molecule has 0 bridgehead atoms. The van der Waals surface area contributed by atoms with Gasteiger partial charge in [0.2, 0.25) is 11.8 Å². The molecule has 0 unspecified atom stereocenters. The minimum Gasteiger partial charge on any atom is -0.326 e. The zero-order chi connectivity index (χ0) is 18.2. The van der Waals surface area contributed by atoms with Crippen LogP contribution in [-0.2, 0) is 16.0 Å². The SMILES string of the molecule is O=C(CCc1ccccc1)Nc1ccc(NC(=O)C2CCNCC2)cc1. The van der Waals surface area contributed by atoms with Crippen molar-refractivity contribution in [2.45, 2.75) is 25.7 Å². The van der Waals surface area contributed by atoms with E-state index in [2.05, 4.69) is 16.0 Å². The maximum Gasteiger partial charge on any atom is 0.227 e. The Bertz CT molecular complexity index is 723. The lowest BCUT2D eigenvalue weighted by Gasteiger charge is -2.21. The van der Waals surface area contributed by atoms with E-state index >= 15 is 0 Å². The number of nitrogens with one attached hydrogen (secondary N) is 3. The van der Waals surface area contributed by atoms with Crippen LogP contribution >= 0.6 is 0 Å². The second-order valence-electron chi connectivity index (χ2n) is 6.62. The van der Waals surface area contributed by atoms with E-state index < -0.39 is 0 Å². The zero-order valence-electron chi connectivity index (χ0n) is 14.8. The lowest BCUT2D eigenvalue weighted by Crippen LogP contribution is -2.34. The molecular weight excluding hydrogens is 326 g/mol. The molecule has 2 amide bonds. The highest BCUT2D eigenvalue weighted by atomic mass is 16.2. The minimum atomic E-state index is -0.0136. The summed E-state index contributed by atoms with van der Waals surface area (Å²) in [6, 6.07) is 17.2. The van der Waals surface area contributed by atoms with Crippen molar-refractivity contribution in [1.82, 2.24) is 5.32 Å². The molecule has 0 spiro atoms. The van der Waals surface area contributed by atoms with Gasteiger partial charge >= 0.3 is 0 Å². The van der Waals surface area contributed by atoms with Gasteiger partial charge in [-0.25, -0.2) is 0 Å². The van der Waals surface area contributed by atoms with Crippen LogP contribution in [-0.4, -0.2) is 24.9 Å². The average molecular weight is 351 g/mol. The van der Waals surface area contributed by atoms with Gasteiger partial charge in [-0.05, 0) is 62.2 Å². The predicted octanol–water partition coefficient (Wildman–Crippen LogP) is 3.20. The van der Waals surface area contributed by atoms with E-state index in [0.717, 1.165) is 49.3 Å². The average Bonchev–Trinajstić information content (AvgIpc) is 2.69. The summed E-state index contributed by atoms with van der Waals surface area (Å²) in [7, 11) is 0. The number of anilines is 2. The first-order valence-electron chi connectivity index (χ1n) is 9.16.